The molecule has 1 aromatic rings. The minimum Gasteiger partial charge on any atom is -0.326 e. The van der Waals surface area contributed by atoms with Crippen LogP contribution in [0.4, 0.5) is 5.69 Å². The lowest BCUT2D eigenvalue weighted by Gasteiger charge is -2.15. The number of anilines is 1. The predicted molar refractivity (Wildman–Crippen MR) is 58.0 cm³/mol. The lowest BCUT2D eigenvalue weighted by Crippen LogP contribution is -2.18. The highest BCUT2D eigenvalue weighted by molar-refractivity contribution is 7.83. The Morgan fingerprint density at radius 2 is 1.83 bits per heavy atom. The highest BCUT2D eigenvalue weighted by Gasteiger charge is 2.01. The molecule has 1 aromatic carbocycles. The van der Waals surface area contributed by atoms with E-state index in [4.69, 9.17) is 23.8 Å². The molecule has 0 heterocycles. The van der Waals surface area contributed by atoms with Gasteiger partial charge in [0.05, 0.1) is 0 Å². The predicted octanol–water partition coefficient (Wildman–Crippen LogP) is 2.95. The smallest absolute Gasteiger partial charge is 0.174 e. The third-order valence-corrected chi connectivity index (χ3v) is 2.21. The van der Waals surface area contributed by atoms with Gasteiger partial charge in [0.1, 0.15) is 0 Å². The molecule has 64 valence electrons. The molecule has 0 aliphatic heterocycles. The van der Waals surface area contributed by atoms with Gasteiger partial charge in [-0.3, -0.25) is 0 Å². The fraction of sp³-hybridized carbons (Fsp3) is 0.222. The second-order valence-corrected chi connectivity index (χ2v) is 3.62. The summed E-state index contributed by atoms with van der Waals surface area (Å²) < 4.78 is 0.360. The molecule has 12 heavy (non-hydrogen) atoms. The van der Waals surface area contributed by atoms with Gasteiger partial charge in [0, 0.05) is 12.7 Å². The topological polar surface area (TPSA) is 3.24 Å². The van der Waals surface area contributed by atoms with Gasteiger partial charge < -0.3 is 4.90 Å². The minimum absolute atomic E-state index is 0.360. The first kappa shape index (κ1) is 9.49. The molecule has 3 heteroatoms. The number of thiocarbonyl (C=S) groups is 1. The molecule has 0 bridgehead atoms. The molecule has 0 radical (unpaired) electrons. The zero-order valence-electron chi connectivity index (χ0n) is 7.04. The summed E-state index contributed by atoms with van der Waals surface area (Å²) in [4.78, 5) is 1.76. The first-order chi connectivity index (χ1) is 5.61. The van der Waals surface area contributed by atoms with Crippen LogP contribution in [-0.4, -0.2) is 11.5 Å². The van der Waals surface area contributed by atoms with Crippen LogP contribution in [0.15, 0.2) is 24.3 Å². The van der Waals surface area contributed by atoms with Gasteiger partial charge in [-0.25, -0.2) is 0 Å². The molecule has 0 N–H and O–H groups in total. The van der Waals surface area contributed by atoms with Crippen LogP contribution in [0.3, 0.4) is 0 Å². The normalized spacial score (nSPS) is 9.58. The number of aryl methyl sites for hydroxylation is 1. The van der Waals surface area contributed by atoms with Gasteiger partial charge in [-0.15, -0.1) is 0 Å². The van der Waals surface area contributed by atoms with Crippen LogP contribution < -0.4 is 4.90 Å². The third kappa shape index (κ3) is 2.19. The number of halogens is 1. The molecule has 0 unspecified atom stereocenters. The summed E-state index contributed by atoms with van der Waals surface area (Å²) in [5.74, 6) is 0. The first-order valence-corrected chi connectivity index (χ1v) is 4.40. The van der Waals surface area contributed by atoms with E-state index in [1.165, 1.54) is 5.56 Å². The molecule has 0 aromatic heterocycles. The summed E-state index contributed by atoms with van der Waals surface area (Å²) in [6, 6.07) is 8.04. The number of hydrogen-bond donors (Lipinski definition) is 0. The van der Waals surface area contributed by atoms with Crippen molar-refractivity contribution in [2.45, 2.75) is 6.92 Å². The van der Waals surface area contributed by atoms with Gasteiger partial charge >= 0.3 is 0 Å². The van der Waals surface area contributed by atoms with Gasteiger partial charge in [-0.05, 0) is 31.3 Å². The van der Waals surface area contributed by atoms with Crippen LogP contribution in [0.5, 0.6) is 0 Å². The average molecular weight is 200 g/mol. The zero-order chi connectivity index (χ0) is 9.14. The minimum atomic E-state index is 0.360. The Bertz CT molecular complexity index is 281. The van der Waals surface area contributed by atoms with E-state index in [1.54, 1.807) is 4.90 Å². The molecule has 1 rings (SSSR count). The maximum atomic E-state index is 5.66. The van der Waals surface area contributed by atoms with Crippen LogP contribution in [0.2, 0.25) is 0 Å². The Kier molecular flexibility index (Phi) is 3.06. The maximum absolute atomic E-state index is 5.66. The Labute approximate surface area is 82.9 Å². The Morgan fingerprint density at radius 1 is 1.33 bits per heavy atom. The summed E-state index contributed by atoms with van der Waals surface area (Å²) in [5.41, 5.74) is 2.24. The molecule has 0 spiro atoms. The number of benzene rings is 1. The summed E-state index contributed by atoms with van der Waals surface area (Å²) in [6.45, 7) is 2.04. The molecule has 0 fully saturated rings. The number of rotatable bonds is 1. The molecule has 0 saturated carbocycles. The number of nitrogens with zero attached hydrogens (tertiary/aromatic N) is 1. The average Bonchev–Trinajstić information content (AvgIpc) is 2.04. The van der Waals surface area contributed by atoms with Crippen molar-refractivity contribution in [3.8, 4) is 0 Å². The van der Waals surface area contributed by atoms with Crippen molar-refractivity contribution in [3.63, 3.8) is 0 Å². The molecule has 0 atom stereocenters. The first-order valence-electron chi connectivity index (χ1n) is 3.61. The second-order valence-electron chi connectivity index (χ2n) is 2.65. The van der Waals surface area contributed by atoms with E-state index in [9.17, 15) is 0 Å². The zero-order valence-corrected chi connectivity index (χ0v) is 8.62. The van der Waals surface area contributed by atoms with Crippen molar-refractivity contribution in [2.75, 3.05) is 11.9 Å². The van der Waals surface area contributed by atoms with E-state index in [1.807, 2.05) is 38.2 Å². The lowest BCUT2D eigenvalue weighted by molar-refractivity contribution is 1.30. The fourth-order valence-corrected chi connectivity index (χ4v) is 1.07. The molecule has 0 saturated heterocycles. The van der Waals surface area contributed by atoms with Gasteiger partial charge in [0.25, 0.3) is 0 Å². The van der Waals surface area contributed by atoms with Crippen LogP contribution in [-0.2, 0) is 0 Å². The van der Waals surface area contributed by atoms with E-state index in [-0.39, 0.29) is 0 Å². The largest absolute Gasteiger partial charge is 0.326 e. The van der Waals surface area contributed by atoms with Gasteiger partial charge in [0.15, 0.2) is 4.45 Å². The molecule has 0 amide bonds. The van der Waals surface area contributed by atoms with E-state index < -0.39 is 0 Å². The van der Waals surface area contributed by atoms with E-state index >= 15 is 0 Å². The van der Waals surface area contributed by atoms with Crippen LogP contribution in [0.25, 0.3) is 0 Å². The van der Waals surface area contributed by atoms with Crippen molar-refractivity contribution in [1.29, 1.82) is 0 Å². The van der Waals surface area contributed by atoms with Crippen molar-refractivity contribution in [3.05, 3.63) is 29.8 Å². The second kappa shape index (κ2) is 3.87. The highest BCUT2D eigenvalue weighted by atomic mass is 35.5. The van der Waals surface area contributed by atoms with Gasteiger partial charge in [-0.1, -0.05) is 29.3 Å². The summed E-state index contributed by atoms with van der Waals surface area (Å²) >= 11 is 10.5. The quantitative estimate of drug-likeness (QED) is 0.389. The maximum Gasteiger partial charge on any atom is 0.174 e. The monoisotopic (exact) mass is 199 g/mol. The summed E-state index contributed by atoms with van der Waals surface area (Å²) in [5, 5.41) is 0. The van der Waals surface area contributed by atoms with Gasteiger partial charge in [-0.2, -0.15) is 0 Å². The van der Waals surface area contributed by atoms with E-state index in [2.05, 4.69) is 0 Å². The standard InChI is InChI=1S/C9H10ClNS/c1-7-3-5-8(6-4-7)11(2)9(10)12/h3-6H,1-2H3. The third-order valence-electron chi connectivity index (χ3n) is 1.68. The summed E-state index contributed by atoms with van der Waals surface area (Å²) in [6.07, 6.45) is 0. The fourth-order valence-electron chi connectivity index (χ4n) is 0.870. The van der Waals surface area contributed by atoms with Crippen molar-refractivity contribution < 1.29 is 0 Å². The Morgan fingerprint density at radius 3 is 2.25 bits per heavy atom. The SMILES string of the molecule is Cc1ccc(N(C)C(=S)Cl)cc1. The molecular weight excluding hydrogens is 190 g/mol. The van der Waals surface area contributed by atoms with E-state index in [0.29, 0.717) is 4.45 Å². The number of hydrogen-bond acceptors (Lipinski definition) is 1. The van der Waals surface area contributed by atoms with Gasteiger partial charge in [0.2, 0.25) is 0 Å². The summed E-state index contributed by atoms with van der Waals surface area (Å²) in [7, 11) is 1.85. The molecule has 0 aliphatic carbocycles. The molecule has 1 nitrogen and oxygen atoms in total. The molecular formula is C9H10ClNS. The Balaban J connectivity index is 2.89. The van der Waals surface area contributed by atoms with Crippen molar-refractivity contribution in [1.82, 2.24) is 0 Å². The van der Waals surface area contributed by atoms with Crippen LogP contribution in [0, 0.1) is 6.92 Å². The van der Waals surface area contributed by atoms with E-state index in [0.717, 1.165) is 5.69 Å². The van der Waals surface area contributed by atoms with Crippen LogP contribution >= 0.6 is 23.8 Å². The Hall–Kier alpha value is -0.600. The highest BCUT2D eigenvalue weighted by Crippen LogP contribution is 2.14. The molecule has 0 aliphatic rings. The van der Waals surface area contributed by atoms with Crippen molar-refractivity contribution >= 4 is 34.0 Å². The lowest BCUT2D eigenvalue weighted by atomic mass is 10.2. The van der Waals surface area contributed by atoms with Crippen molar-refractivity contribution in [2.24, 2.45) is 0 Å². The van der Waals surface area contributed by atoms with Crippen LogP contribution in [0.1, 0.15) is 5.56 Å².